The monoisotopic (exact) mass is 374 g/mol. The summed E-state index contributed by atoms with van der Waals surface area (Å²) < 4.78 is 6.35. The highest BCUT2D eigenvalue weighted by Gasteiger charge is 2.19. The van der Waals surface area contributed by atoms with Gasteiger partial charge in [0.2, 0.25) is 0 Å². The largest absolute Gasteiger partial charge is 0.451 e. The number of halogens is 1. The van der Waals surface area contributed by atoms with E-state index in [1.54, 1.807) is 31.2 Å². The number of anilines is 1. The number of hydrogen-bond acceptors (Lipinski definition) is 4. The molecule has 0 saturated heterocycles. The molecule has 0 radical (unpaired) electrons. The fourth-order valence-electron chi connectivity index (χ4n) is 2.21. The Morgan fingerprint density at radius 1 is 1.22 bits per heavy atom. The maximum Gasteiger partial charge on any atom is 0.293 e. The van der Waals surface area contributed by atoms with Crippen LogP contribution in [0.2, 0.25) is 0 Å². The molecule has 0 bridgehead atoms. The number of carbonyl (C=O) groups excluding carboxylic acids is 1. The molecule has 1 aromatic heterocycles. The molecule has 3 rings (SSSR count). The predicted molar refractivity (Wildman–Crippen MR) is 89.7 cm³/mol. The van der Waals surface area contributed by atoms with E-state index in [4.69, 9.17) is 4.42 Å². The molecule has 1 amide bonds. The number of nitro groups is 1. The van der Waals surface area contributed by atoms with Crippen molar-refractivity contribution in [3.8, 4) is 0 Å². The van der Waals surface area contributed by atoms with E-state index in [0.29, 0.717) is 5.58 Å². The van der Waals surface area contributed by atoms with Gasteiger partial charge < -0.3 is 9.73 Å². The van der Waals surface area contributed by atoms with Gasteiger partial charge in [0.05, 0.1) is 4.92 Å². The van der Waals surface area contributed by atoms with Crippen LogP contribution in [0.4, 0.5) is 11.4 Å². The summed E-state index contributed by atoms with van der Waals surface area (Å²) in [6, 6.07) is 11.6. The molecular formula is C16H11BrN2O4. The molecule has 3 aromatic rings. The molecule has 1 N–H and O–H groups in total. The molecule has 116 valence electrons. The van der Waals surface area contributed by atoms with Gasteiger partial charge in [0, 0.05) is 15.9 Å². The summed E-state index contributed by atoms with van der Waals surface area (Å²) in [6.07, 6.45) is 0. The molecule has 1 heterocycles. The number of nitrogens with zero attached hydrogens (tertiary/aromatic N) is 1. The van der Waals surface area contributed by atoms with Crippen LogP contribution in [0.25, 0.3) is 11.0 Å². The van der Waals surface area contributed by atoms with Crippen LogP contribution in [0.15, 0.2) is 51.4 Å². The molecule has 0 aliphatic heterocycles. The number of benzene rings is 2. The van der Waals surface area contributed by atoms with Crippen molar-refractivity contribution in [2.45, 2.75) is 6.92 Å². The number of hydrogen-bond donors (Lipinski definition) is 1. The van der Waals surface area contributed by atoms with Crippen LogP contribution >= 0.6 is 15.9 Å². The molecule has 0 saturated carbocycles. The number of nitrogens with one attached hydrogen (secondary N) is 1. The van der Waals surface area contributed by atoms with Gasteiger partial charge in [-0.1, -0.05) is 22.0 Å². The molecule has 2 aromatic carbocycles. The molecular weight excluding hydrogens is 364 g/mol. The molecule has 0 fully saturated rings. The van der Waals surface area contributed by atoms with Gasteiger partial charge in [-0.15, -0.1) is 0 Å². The maximum absolute atomic E-state index is 12.3. The Balaban J connectivity index is 1.93. The summed E-state index contributed by atoms with van der Waals surface area (Å²) >= 11 is 3.35. The molecule has 0 atom stereocenters. The van der Waals surface area contributed by atoms with Gasteiger partial charge in [-0.2, -0.15) is 0 Å². The van der Waals surface area contributed by atoms with Crippen molar-refractivity contribution in [3.63, 3.8) is 0 Å². The van der Waals surface area contributed by atoms with Crippen molar-refractivity contribution in [2.75, 3.05) is 5.32 Å². The molecule has 0 aliphatic carbocycles. The van der Waals surface area contributed by atoms with Crippen LogP contribution in [0.5, 0.6) is 0 Å². The fraction of sp³-hybridized carbons (Fsp3) is 0.0625. The van der Waals surface area contributed by atoms with E-state index in [-0.39, 0.29) is 17.1 Å². The number of fused-ring (bicyclic) bond motifs is 1. The third kappa shape index (κ3) is 3.09. The van der Waals surface area contributed by atoms with Crippen LogP contribution in [0, 0.1) is 17.0 Å². The van der Waals surface area contributed by atoms with Gasteiger partial charge in [0.1, 0.15) is 11.3 Å². The van der Waals surface area contributed by atoms with E-state index < -0.39 is 10.8 Å². The summed E-state index contributed by atoms with van der Waals surface area (Å²) in [6.45, 7) is 1.75. The van der Waals surface area contributed by atoms with Gasteiger partial charge >= 0.3 is 0 Å². The zero-order chi connectivity index (χ0) is 16.6. The minimum atomic E-state index is -0.538. The first-order chi connectivity index (χ1) is 10.9. The van der Waals surface area contributed by atoms with Crippen molar-refractivity contribution >= 4 is 44.2 Å². The van der Waals surface area contributed by atoms with E-state index in [1.165, 1.54) is 12.1 Å². The van der Waals surface area contributed by atoms with Crippen LogP contribution in [-0.2, 0) is 0 Å². The van der Waals surface area contributed by atoms with Gasteiger partial charge in [-0.3, -0.25) is 14.9 Å². The summed E-state index contributed by atoms with van der Waals surface area (Å²) in [5.41, 5.74) is 1.28. The van der Waals surface area contributed by atoms with E-state index in [2.05, 4.69) is 21.2 Å². The minimum Gasteiger partial charge on any atom is -0.451 e. The number of aryl methyl sites for hydroxylation is 1. The average molecular weight is 375 g/mol. The zero-order valence-electron chi connectivity index (χ0n) is 12.0. The maximum atomic E-state index is 12.3. The van der Waals surface area contributed by atoms with Crippen LogP contribution in [-0.4, -0.2) is 10.8 Å². The molecule has 0 spiro atoms. The second-order valence-electron chi connectivity index (χ2n) is 5.02. The van der Waals surface area contributed by atoms with E-state index in [1.807, 2.05) is 6.07 Å². The van der Waals surface area contributed by atoms with Crippen molar-refractivity contribution < 1.29 is 14.1 Å². The molecule has 0 aliphatic rings. The van der Waals surface area contributed by atoms with Crippen molar-refractivity contribution in [1.82, 2.24) is 0 Å². The van der Waals surface area contributed by atoms with E-state index in [0.717, 1.165) is 15.4 Å². The summed E-state index contributed by atoms with van der Waals surface area (Å²) in [5.74, 6) is -0.447. The minimum absolute atomic E-state index is 0.0907. The van der Waals surface area contributed by atoms with E-state index >= 15 is 0 Å². The first-order valence-corrected chi connectivity index (χ1v) is 7.49. The molecule has 0 unspecified atom stereocenters. The number of carbonyl (C=O) groups is 1. The molecule has 6 nitrogen and oxygen atoms in total. The fourth-order valence-corrected chi connectivity index (χ4v) is 2.59. The topological polar surface area (TPSA) is 85.4 Å². The lowest BCUT2D eigenvalue weighted by Gasteiger charge is -2.05. The Hall–Kier alpha value is -2.67. The molecule has 23 heavy (non-hydrogen) atoms. The number of nitro benzene ring substituents is 1. The average Bonchev–Trinajstić information content (AvgIpc) is 2.92. The van der Waals surface area contributed by atoms with Crippen LogP contribution in [0.1, 0.15) is 16.1 Å². The predicted octanol–water partition coefficient (Wildman–Crippen LogP) is 4.66. The molecule has 7 heteroatoms. The third-order valence-electron chi connectivity index (χ3n) is 3.30. The zero-order valence-corrected chi connectivity index (χ0v) is 13.6. The quantitative estimate of drug-likeness (QED) is 0.533. The smallest absolute Gasteiger partial charge is 0.293 e. The third-order valence-corrected chi connectivity index (χ3v) is 3.79. The van der Waals surface area contributed by atoms with Crippen LogP contribution < -0.4 is 5.32 Å². The first-order valence-electron chi connectivity index (χ1n) is 6.69. The second kappa shape index (κ2) is 5.85. The number of amides is 1. The van der Waals surface area contributed by atoms with Gasteiger partial charge in [-0.25, -0.2) is 0 Å². The summed E-state index contributed by atoms with van der Waals surface area (Å²) in [7, 11) is 0. The number of furan rings is 1. The summed E-state index contributed by atoms with van der Waals surface area (Å²) in [4.78, 5) is 22.9. The lowest BCUT2D eigenvalue weighted by atomic mass is 10.2. The van der Waals surface area contributed by atoms with Gasteiger partial charge in [0.15, 0.2) is 5.76 Å². The SMILES string of the molecule is Cc1ccc(NC(=O)c2cc3cc(Br)ccc3o2)c([N+](=O)[O-])c1. The lowest BCUT2D eigenvalue weighted by Crippen LogP contribution is -2.12. The van der Waals surface area contributed by atoms with Gasteiger partial charge in [0.25, 0.3) is 11.6 Å². The first kappa shape index (κ1) is 15.2. The highest BCUT2D eigenvalue weighted by molar-refractivity contribution is 9.10. The normalized spacial score (nSPS) is 10.7. The van der Waals surface area contributed by atoms with Crippen molar-refractivity contribution in [2.24, 2.45) is 0 Å². The van der Waals surface area contributed by atoms with E-state index in [9.17, 15) is 14.9 Å². The highest BCUT2D eigenvalue weighted by atomic mass is 79.9. The Kier molecular flexibility index (Phi) is 3.87. The van der Waals surface area contributed by atoms with Gasteiger partial charge in [-0.05, 0) is 42.8 Å². The highest BCUT2D eigenvalue weighted by Crippen LogP contribution is 2.27. The van der Waals surface area contributed by atoms with Crippen LogP contribution in [0.3, 0.4) is 0 Å². The summed E-state index contributed by atoms with van der Waals surface area (Å²) in [5, 5.41) is 14.4. The lowest BCUT2D eigenvalue weighted by molar-refractivity contribution is -0.384. The second-order valence-corrected chi connectivity index (χ2v) is 5.94. The van der Waals surface area contributed by atoms with Crippen molar-refractivity contribution in [1.29, 1.82) is 0 Å². The number of rotatable bonds is 3. The Labute approximate surface area is 139 Å². The Morgan fingerprint density at radius 2 is 2.00 bits per heavy atom. The standard InChI is InChI=1S/C16H11BrN2O4/c1-9-2-4-12(13(6-9)19(21)22)18-16(20)15-8-10-7-11(17)3-5-14(10)23-15/h2-8H,1H3,(H,18,20). The Bertz CT molecular complexity index is 933. The Morgan fingerprint density at radius 3 is 2.74 bits per heavy atom. The van der Waals surface area contributed by atoms with Crippen molar-refractivity contribution in [3.05, 3.63) is 68.4 Å².